The molecule has 0 saturated carbocycles. The van der Waals surface area contributed by atoms with Crippen molar-refractivity contribution in [2.24, 2.45) is 0 Å². The van der Waals surface area contributed by atoms with Crippen molar-refractivity contribution in [3.8, 4) is 0 Å². The lowest BCUT2D eigenvalue weighted by molar-refractivity contribution is 0.700. The summed E-state index contributed by atoms with van der Waals surface area (Å²) < 4.78 is 0. The Bertz CT molecular complexity index is 592. The van der Waals surface area contributed by atoms with E-state index in [9.17, 15) is 0 Å². The van der Waals surface area contributed by atoms with Crippen molar-refractivity contribution < 1.29 is 0 Å². The number of nitrogens with one attached hydrogen (secondary N) is 1. The van der Waals surface area contributed by atoms with Crippen LogP contribution in [0.5, 0.6) is 0 Å². The monoisotopic (exact) mass is 293 g/mol. The van der Waals surface area contributed by atoms with E-state index in [1.54, 1.807) is 0 Å². The normalized spacial score (nSPS) is 14.6. The number of nitrogens with zero attached hydrogens (tertiary/aromatic N) is 2. The number of aryl methyl sites for hydroxylation is 2. The fourth-order valence-electron chi connectivity index (χ4n) is 2.64. The topological polar surface area (TPSA) is 37.8 Å². The molecule has 0 fully saturated rings. The van der Waals surface area contributed by atoms with Crippen molar-refractivity contribution in [1.82, 2.24) is 9.97 Å². The average molecular weight is 293 g/mol. The predicted octanol–water partition coefficient (Wildman–Crippen LogP) is 3.86. The fraction of sp³-hybridized carbons (Fsp3) is 0.571. The van der Waals surface area contributed by atoms with Crippen LogP contribution in [0.2, 0.25) is 0 Å². The maximum atomic E-state index is 4.77. The molecule has 1 aliphatic rings. The first kappa shape index (κ1) is 13.2. The maximum absolute atomic E-state index is 4.77. The van der Waals surface area contributed by atoms with Crippen molar-refractivity contribution in [3.05, 3.63) is 16.3 Å². The summed E-state index contributed by atoms with van der Waals surface area (Å²) in [7, 11) is 1.96. The Morgan fingerprint density at radius 1 is 1.26 bits per heavy atom. The molecular weight excluding hydrogens is 274 g/mol. The van der Waals surface area contributed by atoms with Crippen LogP contribution in [0.15, 0.2) is 0 Å². The zero-order valence-corrected chi connectivity index (χ0v) is 13.1. The highest BCUT2D eigenvalue weighted by Gasteiger charge is 2.20. The van der Waals surface area contributed by atoms with E-state index >= 15 is 0 Å². The Kier molecular flexibility index (Phi) is 3.93. The Morgan fingerprint density at radius 2 is 2.11 bits per heavy atom. The average Bonchev–Trinajstić information content (AvgIpc) is 2.82. The van der Waals surface area contributed by atoms with Crippen molar-refractivity contribution in [1.29, 1.82) is 0 Å². The van der Waals surface area contributed by atoms with E-state index in [4.69, 9.17) is 9.97 Å². The van der Waals surface area contributed by atoms with Crippen LogP contribution in [-0.4, -0.2) is 22.8 Å². The van der Waals surface area contributed by atoms with E-state index in [0.29, 0.717) is 0 Å². The summed E-state index contributed by atoms with van der Waals surface area (Å²) in [6.45, 7) is 2.17. The minimum absolute atomic E-state index is 0.906. The van der Waals surface area contributed by atoms with Crippen LogP contribution in [-0.2, 0) is 18.6 Å². The zero-order chi connectivity index (χ0) is 13.2. The summed E-state index contributed by atoms with van der Waals surface area (Å²) in [6.07, 6.45) is 5.03. The Labute approximate surface area is 122 Å². The minimum atomic E-state index is 0.906. The number of hydrogen-bond donors (Lipinski definition) is 1. The lowest BCUT2D eigenvalue weighted by Crippen LogP contribution is -2.03. The van der Waals surface area contributed by atoms with Crippen LogP contribution in [0.1, 0.15) is 36.0 Å². The molecule has 1 aliphatic carbocycles. The maximum Gasteiger partial charge on any atom is 0.142 e. The van der Waals surface area contributed by atoms with Gasteiger partial charge in [0.25, 0.3) is 0 Å². The van der Waals surface area contributed by atoms with Crippen LogP contribution in [0.3, 0.4) is 0 Å². The summed E-state index contributed by atoms with van der Waals surface area (Å²) in [5, 5.41) is 4.55. The van der Waals surface area contributed by atoms with E-state index < -0.39 is 0 Å². The van der Waals surface area contributed by atoms with Crippen molar-refractivity contribution >= 4 is 39.1 Å². The van der Waals surface area contributed by atoms with Crippen molar-refractivity contribution in [2.75, 3.05) is 18.1 Å². The molecule has 0 unspecified atom stereocenters. The molecule has 19 heavy (non-hydrogen) atoms. The third kappa shape index (κ3) is 2.46. The third-order valence-corrected chi connectivity index (χ3v) is 5.59. The summed E-state index contributed by atoms with van der Waals surface area (Å²) >= 11 is 3.75. The quantitative estimate of drug-likeness (QED) is 0.928. The molecule has 0 aliphatic heterocycles. The number of hydrogen-bond acceptors (Lipinski definition) is 5. The van der Waals surface area contributed by atoms with Gasteiger partial charge in [-0.25, -0.2) is 9.97 Å². The summed E-state index contributed by atoms with van der Waals surface area (Å²) in [4.78, 5) is 12.2. The van der Waals surface area contributed by atoms with Gasteiger partial charge in [-0.2, -0.15) is 11.8 Å². The SMILES string of the molecule is CCSCc1nc(NC)c2c3c(sc2n1)CCCC3. The number of anilines is 1. The molecule has 0 saturated heterocycles. The van der Waals surface area contributed by atoms with Crippen LogP contribution in [0, 0.1) is 0 Å². The van der Waals surface area contributed by atoms with Crippen LogP contribution >= 0.6 is 23.1 Å². The van der Waals surface area contributed by atoms with E-state index in [2.05, 4.69) is 12.2 Å². The molecular formula is C14H19N3S2. The lowest BCUT2D eigenvalue weighted by Gasteiger charge is -2.11. The number of rotatable bonds is 4. The standard InChI is InChI=1S/C14H19N3S2/c1-3-18-8-11-16-13(15-2)12-9-6-4-5-7-10(9)19-14(12)17-11/h3-8H2,1-2H3,(H,15,16,17). The van der Waals surface area contributed by atoms with Gasteiger partial charge in [-0.1, -0.05) is 6.92 Å². The predicted molar refractivity (Wildman–Crippen MR) is 85.4 cm³/mol. The molecule has 0 radical (unpaired) electrons. The van der Waals surface area contributed by atoms with Gasteiger partial charge in [0.2, 0.25) is 0 Å². The van der Waals surface area contributed by atoms with Crippen molar-refractivity contribution in [3.63, 3.8) is 0 Å². The lowest BCUT2D eigenvalue weighted by atomic mass is 9.97. The molecule has 0 spiro atoms. The molecule has 5 heteroatoms. The highest BCUT2D eigenvalue weighted by Crippen LogP contribution is 2.38. The second-order valence-electron chi connectivity index (χ2n) is 4.77. The largest absolute Gasteiger partial charge is 0.372 e. The second kappa shape index (κ2) is 5.67. The van der Waals surface area contributed by atoms with Gasteiger partial charge >= 0.3 is 0 Å². The molecule has 2 aromatic heterocycles. The van der Waals surface area contributed by atoms with Gasteiger partial charge < -0.3 is 5.32 Å². The van der Waals surface area contributed by atoms with E-state index in [1.165, 1.54) is 46.3 Å². The van der Waals surface area contributed by atoms with Crippen LogP contribution in [0.4, 0.5) is 5.82 Å². The van der Waals surface area contributed by atoms with E-state index in [-0.39, 0.29) is 0 Å². The molecule has 0 amide bonds. The molecule has 2 heterocycles. The molecule has 3 nitrogen and oxygen atoms in total. The summed E-state index contributed by atoms with van der Waals surface area (Å²) in [6, 6.07) is 0. The summed E-state index contributed by atoms with van der Waals surface area (Å²) in [5.74, 6) is 4.00. The van der Waals surface area contributed by atoms with Gasteiger partial charge in [-0.05, 0) is 37.0 Å². The molecule has 2 aromatic rings. The van der Waals surface area contributed by atoms with Crippen LogP contribution in [0.25, 0.3) is 10.2 Å². The number of fused-ring (bicyclic) bond motifs is 3. The smallest absolute Gasteiger partial charge is 0.142 e. The zero-order valence-electron chi connectivity index (χ0n) is 11.5. The molecule has 0 aromatic carbocycles. The van der Waals surface area contributed by atoms with E-state index in [1.807, 2.05) is 30.1 Å². The van der Waals surface area contributed by atoms with Gasteiger partial charge in [0.05, 0.1) is 11.1 Å². The number of thioether (sulfide) groups is 1. The Balaban J connectivity index is 2.11. The van der Waals surface area contributed by atoms with Gasteiger partial charge in [0, 0.05) is 11.9 Å². The molecule has 0 bridgehead atoms. The first-order chi connectivity index (χ1) is 9.33. The molecule has 3 rings (SSSR count). The van der Waals surface area contributed by atoms with E-state index in [0.717, 1.165) is 23.1 Å². The fourth-order valence-corrected chi connectivity index (χ4v) is 4.44. The van der Waals surface area contributed by atoms with Gasteiger partial charge in [-0.15, -0.1) is 11.3 Å². The highest BCUT2D eigenvalue weighted by molar-refractivity contribution is 7.98. The third-order valence-electron chi connectivity index (χ3n) is 3.53. The molecule has 0 atom stereocenters. The Morgan fingerprint density at radius 3 is 2.89 bits per heavy atom. The Hall–Kier alpha value is -0.810. The van der Waals surface area contributed by atoms with Gasteiger partial charge in [0.1, 0.15) is 16.5 Å². The first-order valence-corrected chi connectivity index (χ1v) is 8.87. The highest BCUT2D eigenvalue weighted by atomic mass is 32.2. The van der Waals surface area contributed by atoms with Crippen molar-refractivity contribution in [2.45, 2.75) is 38.4 Å². The number of thiophene rings is 1. The minimum Gasteiger partial charge on any atom is -0.372 e. The van der Waals surface area contributed by atoms with Crippen LogP contribution < -0.4 is 5.32 Å². The molecule has 102 valence electrons. The van der Waals surface area contributed by atoms with Gasteiger partial charge in [0.15, 0.2) is 0 Å². The first-order valence-electron chi connectivity index (χ1n) is 6.90. The summed E-state index contributed by atoms with van der Waals surface area (Å²) in [5.41, 5.74) is 1.50. The number of aromatic nitrogens is 2. The molecule has 1 N–H and O–H groups in total. The van der Waals surface area contributed by atoms with Gasteiger partial charge in [-0.3, -0.25) is 0 Å². The second-order valence-corrected chi connectivity index (χ2v) is 7.12.